The number of rotatable bonds is 1. The van der Waals surface area contributed by atoms with Gasteiger partial charge < -0.3 is 4.74 Å². The molecule has 0 saturated heterocycles. The highest BCUT2D eigenvalue weighted by Gasteiger charge is 2.09. The van der Waals surface area contributed by atoms with Gasteiger partial charge in [-0.2, -0.15) is 14.6 Å². The van der Waals surface area contributed by atoms with Gasteiger partial charge in [0, 0.05) is 0 Å². The second kappa shape index (κ2) is 3.50. The number of pyridine rings is 1. The molecule has 12 heavy (non-hydrogen) atoms. The van der Waals surface area contributed by atoms with Gasteiger partial charge in [0.15, 0.2) is 0 Å². The molecule has 0 aliphatic heterocycles. The molecule has 0 aromatic carbocycles. The number of ether oxygens (including phenoxy) is 1. The van der Waals surface area contributed by atoms with E-state index in [1.165, 1.54) is 13.2 Å². The van der Waals surface area contributed by atoms with Crippen molar-refractivity contribution in [1.82, 2.24) is 4.98 Å². The third-order valence-corrected chi connectivity index (χ3v) is 1.78. The van der Waals surface area contributed by atoms with E-state index in [0.717, 1.165) is 0 Å². The van der Waals surface area contributed by atoms with Crippen molar-refractivity contribution in [2.45, 2.75) is 0 Å². The summed E-state index contributed by atoms with van der Waals surface area (Å²) in [7, 11) is 1.37. The van der Waals surface area contributed by atoms with E-state index in [9.17, 15) is 4.39 Å². The normalized spacial score (nSPS) is 9.17. The van der Waals surface area contributed by atoms with E-state index in [0.29, 0.717) is 4.47 Å². The average Bonchev–Trinajstić information content (AvgIpc) is 2.08. The van der Waals surface area contributed by atoms with Gasteiger partial charge in [0.25, 0.3) is 0 Å². The summed E-state index contributed by atoms with van der Waals surface area (Å²) in [5.74, 6) is -0.691. The Kier molecular flexibility index (Phi) is 2.61. The number of halogens is 2. The minimum absolute atomic E-state index is 0.109. The Morgan fingerprint density at radius 2 is 2.42 bits per heavy atom. The molecule has 3 nitrogen and oxygen atoms in total. The van der Waals surface area contributed by atoms with Gasteiger partial charge in [-0.15, -0.1) is 0 Å². The molecule has 0 unspecified atom stereocenters. The van der Waals surface area contributed by atoms with Crippen LogP contribution in [0.25, 0.3) is 0 Å². The van der Waals surface area contributed by atoms with Crippen LogP contribution >= 0.6 is 15.9 Å². The Hall–Kier alpha value is -1.15. The highest BCUT2D eigenvalue weighted by molar-refractivity contribution is 9.10. The highest BCUT2D eigenvalue weighted by atomic mass is 79.9. The minimum Gasteiger partial charge on any atom is -0.480 e. The van der Waals surface area contributed by atoms with Crippen LogP contribution in [-0.2, 0) is 0 Å². The van der Waals surface area contributed by atoms with E-state index < -0.39 is 5.95 Å². The summed E-state index contributed by atoms with van der Waals surface area (Å²) >= 11 is 3.08. The van der Waals surface area contributed by atoms with Crippen molar-refractivity contribution in [1.29, 1.82) is 5.26 Å². The predicted molar refractivity (Wildman–Crippen MR) is 43.2 cm³/mol. The third-order valence-electron chi connectivity index (χ3n) is 1.21. The van der Waals surface area contributed by atoms with Crippen LogP contribution in [0.15, 0.2) is 10.5 Å². The van der Waals surface area contributed by atoms with Gasteiger partial charge in [0.2, 0.25) is 11.8 Å². The molecule has 5 heteroatoms. The van der Waals surface area contributed by atoms with Crippen LogP contribution in [0.5, 0.6) is 5.88 Å². The van der Waals surface area contributed by atoms with E-state index in [1.807, 2.05) is 0 Å². The molecular weight excluding hydrogens is 227 g/mol. The Bertz CT molecular complexity index is 347. The maximum absolute atomic E-state index is 12.8. The lowest BCUT2D eigenvalue weighted by Gasteiger charge is -2.01. The number of hydrogen-bond donors (Lipinski definition) is 0. The van der Waals surface area contributed by atoms with Crippen LogP contribution in [0.2, 0.25) is 0 Å². The van der Waals surface area contributed by atoms with Crippen molar-refractivity contribution >= 4 is 15.9 Å². The van der Waals surface area contributed by atoms with Gasteiger partial charge in [-0.1, -0.05) is 0 Å². The summed E-state index contributed by atoms with van der Waals surface area (Å²) in [5, 5.41) is 8.41. The molecule has 1 heterocycles. The quantitative estimate of drug-likeness (QED) is 0.693. The summed E-state index contributed by atoms with van der Waals surface area (Å²) in [4.78, 5) is 3.40. The Morgan fingerprint density at radius 1 is 1.75 bits per heavy atom. The molecule has 0 saturated carbocycles. The number of methoxy groups -OCH3 is 1. The summed E-state index contributed by atoms with van der Waals surface area (Å²) < 4.78 is 18.0. The molecule has 62 valence electrons. The molecule has 0 aliphatic rings. The standard InChI is InChI=1S/C7H4BrFN2O/c1-12-7-5(8)2-4(3-10)6(9)11-7/h2H,1H3. The van der Waals surface area contributed by atoms with Crippen LogP contribution < -0.4 is 4.74 Å². The topological polar surface area (TPSA) is 45.9 Å². The second-order valence-electron chi connectivity index (χ2n) is 1.93. The smallest absolute Gasteiger partial charge is 0.234 e. The molecule has 0 fully saturated rings. The monoisotopic (exact) mass is 230 g/mol. The lowest BCUT2D eigenvalue weighted by atomic mass is 10.3. The number of aromatic nitrogens is 1. The molecule has 1 aromatic heterocycles. The van der Waals surface area contributed by atoms with Gasteiger partial charge in [-0.3, -0.25) is 0 Å². The molecular formula is C7H4BrFN2O. The fourth-order valence-electron chi connectivity index (χ4n) is 0.672. The Balaban J connectivity index is 3.28. The van der Waals surface area contributed by atoms with Crippen molar-refractivity contribution in [2.75, 3.05) is 7.11 Å². The third kappa shape index (κ3) is 1.53. The molecule has 0 N–H and O–H groups in total. The van der Waals surface area contributed by atoms with Crippen molar-refractivity contribution in [3.8, 4) is 11.9 Å². The molecule has 0 amide bonds. The van der Waals surface area contributed by atoms with Gasteiger partial charge in [0.1, 0.15) is 11.6 Å². The molecule has 0 bridgehead atoms. The summed E-state index contributed by atoms with van der Waals surface area (Å²) in [6.07, 6.45) is 0. The molecule has 0 radical (unpaired) electrons. The second-order valence-corrected chi connectivity index (χ2v) is 2.78. The van der Waals surface area contributed by atoms with Crippen molar-refractivity contribution in [2.24, 2.45) is 0 Å². The van der Waals surface area contributed by atoms with Crippen LogP contribution in [0, 0.1) is 17.3 Å². The largest absolute Gasteiger partial charge is 0.480 e. The van der Waals surface area contributed by atoms with Crippen molar-refractivity contribution < 1.29 is 9.13 Å². The van der Waals surface area contributed by atoms with Gasteiger partial charge >= 0.3 is 0 Å². The molecule has 0 spiro atoms. The van der Waals surface area contributed by atoms with Crippen LogP contribution in [0.3, 0.4) is 0 Å². The number of hydrogen-bond acceptors (Lipinski definition) is 3. The first-order chi connectivity index (χ1) is 5.69. The first kappa shape index (κ1) is 8.94. The fraction of sp³-hybridized carbons (Fsp3) is 0.143. The first-order valence-electron chi connectivity index (χ1n) is 2.99. The van der Waals surface area contributed by atoms with Gasteiger partial charge in [-0.25, -0.2) is 0 Å². The van der Waals surface area contributed by atoms with Gasteiger partial charge in [0.05, 0.1) is 11.6 Å². The maximum atomic E-state index is 12.8. The first-order valence-corrected chi connectivity index (χ1v) is 3.78. The lowest BCUT2D eigenvalue weighted by Crippen LogP contribution is -1.95. The zero-order valence-corrected chi connectivity index (χ0v) is 7.72. The summed E-state index contributed by atoms with van der Waals surface area (Å²) in [6.45, 7) is 0. The minimum atomic E-state index is -0.822. The van der Waals surface area contributed by atoms with E-state index in [4.69, 9.17) is 10.00 Å². The Morgan fingerprint density at radius 3 is 2.92 bits per heavy atom. The van der Waals surface area contributed by atoms with Crippen molar-refractivity contribution in [3.05, 3.63) is 22.1 Å². The molecule has 0 aliphatic carbocycles. The van der Waals surface area contributed by atoms with E-state index in [2.05, 4.69) is 20.9 Å². The van der Waals surface area contributed by atoms with Crippen LogP contribution in [0.4, 0.5) is 4.39 Å². The van der Waals surface area contributed by atoms with E-state index in [-0.39, 0.29) is 11.4 Å². The van der Waals surface area contributed by atoms with Crippen molar-refractivity contribution in [3.63, 3.8) is 0 Å². The van der Waals surface area contributed by atoms with E-state index in [1.54, 1.807) is 6.07 Å². The lowest BCUT2D eigenvalue weighted by molar-refractivity contribution is 0.384. The Labute approximate surface area is 76.9 Å². The zero-order chi connectivity index (χ0) is 9.14. The zero-order valence-electron chi connectivity index (χ0n) is 6.14. The maximum Gasteiger partial charge on any atom is 0.234 e. The molecule has 0 atom stereocenters. The molecule has 1 rings (SSSR count). The van der Waals surface area contributed by atoms with Gasteiger partial charge in [-0.05, 0) is 22.0 Å². The predicted octanol–water partition coefficient (Wildman–Crippen LogP) is 1.86. The average molecular weight is 231 g/mol. The van der Waals surface area contributed by atoms with Crippen LogP contribution in [0.1, 0.15) is 5.56 Å². The summed E-state index contributed by atoms with van der Waals surface area (Å²) in [5.41, 5.74) is -0.109. The number of nitrogens with zero attached hydrogens (tertiary/aromatic N) is 2. The van der Waals surface area contributed by atoms with Crippen LogP contribution in [-0.4, -0.2) is 12.1 Å². The summed E-state index contributed by atoms with van der Waals surface area (Å²) in [6, 6.07) is 2.98. The molecule has 1 aromatic rings. The highest BCUT2D eigenvalue weighted by Crippen LogP contribution is 2.23. The fourth-order valence-corrected chi connectivity index (χ4v) is 1.15. The number of nitriles is 1. The SMILES string of the molecule is COc1nc(F)c(C#N)cc1Br. The van der Waals surface area contributed by atoms with E-state index >= 15 is 0 Å².